The average molecular weight is 203 g/mol. The SMILES string of the molecule is CCNC(=O)Cn1cnc(C#N)c1C#N. The van der Waals surface area contributed by atoms with E-state index in [1.807, 2.05) is 6.07 Å². The third-order valence-electron chi connectivity index (χ3n) is 1.74. The average Bonchev–Trinajstić information content (AvgIpc) is 2.60. The summed E-state index contributed by atoms with van der Waals surface area (Å²) in [6, 6.07) is 3.63. The van der Waals surface area contributed by atoms with Crippen molar-refractivity contribution in [2.45, 2.75) is 13.5 Å². The number of nitrogens with one attached hydrogen (secondary N) is 1. The summed E-state index contributed by atoms with van der Waals surface area (Å²) in [6.07, 6.45) is 1.31. The molecule has 6 heteroatoms. The Morgan fingerprint density at radius 3 is 2.87 bits per heavy atom. The molecule has 0 fully saturated rings. The second-order valence-corrected chi connectivity index (χ2v) is 2.75. The normalized spacial score (nSPS) is 9.00. The Kier molecular flexibility index (Phi) is 3.42. The van der Waals surface area contributed by atoms with E-state index in [1.165, 1.54) is 10.9 Å². The van der Waals surface area contributed by atoms with Gasteiger partial charge in [0.25, 0.3) is 0 Å². The molecule has 0 bridgehead atoms. The van der Waals surface area contributed by atoms with Gasteiger partial charge in [0.15, 0.2) is 11.4 Å². The second kappa shape index (κ2) is 4.77. The largest absolute Gasteiger partial charge is 0.355 e. The number of nitriles is 2. The molecule has 0 saturated carbocycles. The highest BCUT2D eigenvalue weighted by Crippen LogP contribution is 2.04. The molecule has 1 rings (SSSR count). The molecule has 0 saturated heterocycles. The lowest BCUT2D eigenvalue weighted by atomic mass is 10.3. The van der Waals surface area contributed by atoms with Gasteiger partial charge in [-0.15, -0.1) is 0 Å². The van der Waals surface area contributed by atoms with Crippen molar-refractivity contribution >= 4 is 5.91 Å². The van der Waals surface area contributed by atoms with E-state index >= 15 is 0 Å². The van der Waals surface area contributed by atoms with Crippen LogP contribution < -0.4 is 5.32 Å². The van der Waals surface area contributed by atoms with Gasteiger partial charge in [-0.1, -0.05) is 0 Å². The molecule has 0 atom stereocenters. The molecule has 1 N–H and O–H groups in total. The fourth-order valence-corrected chi connectivity index (χ4v) is 1.11. The van der Waals surface area contributed by atoms with Crippen molar-refractivity contribution in [3.05, 3.63) is 17.7 Å². The fourth-order valence-electron chi connectivity index (χ4n) is 1.11. The van der Waals surface area contributed by atoms with Crippen LogP contribution in [0.3, 0.4) is 0 Å². The zero-order valence-electron chi connectivity index (χ0n) is 8.19. The lowest BCUT2D eigenvalue weighted by Crippen LogP contribution is -2.27. The number of nitrogens with zero attached hydrogens (tertiary/aromatic N) is 4. The van der Waals surface area contributed by atoms with E-state index in [-0.39, 0.29) is 23.8 Å². The highest BCUT2D eigenvalue weighted by molar-refractivity contribution is 5.75. The molecule has 0 aromatic carbocycles. The Bertz CT molecular complexity index is 448. The molecule has 0 spiro atoms. The zero-order chi connectivity index (χ0) is 11.3. The maximum Gasteiger partial charge on any atom is 0.240 e. The first kappa shape index (κ1) is 10.7. The van der Waals surface area contributed by atoms with E-state index in [4.69, 9.17) is 10.5 Å². The van der Waals surface area contributed by atoms with Gasteiger partial charge in [-0.3, -0.25) is 4.79 Å². The van der Waals surface area contributed by atoms with Crippen molar-refractivity contribution < 1.29 is 4.79 Å². The molecular weight excluding hydrogens is 194 g/mol. The number of hydrogen-bond acceptors (Lipinski definition) is 4. The van der Waals surface area contributed by atoms with Crippen molar-refractivity contribution in [2.75, 3.05) is 6.54 Å². The molecule has 0 aliphatic heterocycles. The summed E-state index contributed by atoms with van der Waals surface area (Å²) < 4.78 is 1.35. The van der Waals surface area contributed by atoms with Crippen LogP contribution >= 0.6 is 0 Å². The van der Waals surface area contributed by atoms with Crippen molar-refractivity contribution in [1.29, 1.82) is 10.5 Å². The molecular formula is C9H9N5O. The number of imidazole rings is 1. The monoisotopic (exact) mass is 203 g/mol. The molecule has 1 heterocycles. The maximum absolute atomic E-state index is 11.2. The number of aromatic nitrogens is 2. The zero-order valence-corrected chi connectivity index (χ0v) is 8.19. The van der Waals surface area contributed by atoms with Crippen LogP contribution in [0.1, 0.15) is 18.3 Å². The van der Waals surface area contributed by atoms with Gasteiger partial charge in [0.05, 0.1) is 6.33 Å². The Hall–Kier alpha value is -2.34. The van der Waals surface area contributed by atoms with Crippen LogP contribution in [0.2, 0.25) is 0 Å². The van der Waals surface area contributed by atoms with Crippen LogP contribution in [0.25, 0.3) is 0 Å². The van der Waals surface area contributed by atoms with E-state index in [0.717, 1.165) is 0 Å². The number of amides is 1. The Morgan fingerprint density at radius 1 is 1.60 bits per heavy atom. The third-order valence-corrected chi connectivity index (χ3v) is 1.74. The predicted molar refractivity (Wildman–Crippen MR) is 50.3 cm³/mol. The summed E-state index contributed by atoms with van der Waals surface area (Å²) in [4.78, 5) is 14.9. The molecule has 0 radical (unpaired) electrons. The van der Waals surface area contributed by atoms with Gasteiger partial charge in [-0.05, 0) is 6.92 Å². The number of carbonyl (C=O) groups is 1. The Morgan fingerprint density at radius 2 is 2.33 bits per heavy atom. The predicted octanol–water partition coefficient (Wildman–Crippen LogP) is -0.237. The van der Waals surface area contributed by atoms with Gasteiger partial charge >= 0.3 is 0 Å². The van der Waals surface area contributed by atoms with E-state index in [9.17, 15) is 4.79 Å². The summed E-state index contributed by atoms with van der Waals surface area (Å²) >= 11 is 0. The van der Waals surface area contributed by atoms with Crippen molar-refractivity contribution in [1.82, 2.24) is 14.9 Å². The van der Waals surface area contributed by atoms with Crippen LogP contribution in [0.15, 0.2) is 6.33 Å². The summed E-state index contributed by atoms with van der Waals surface area (Å²) in [5.41, 5.74) is 0.158. The standard InChI is InChI=1S/C9H9N5O/c1-2-12-9(15)5-14-6-13-7(3-10)8(14)4-11/h6H,2,5H2,1H3,(H,12,15). The van der Waals surface area contributed by atoms with E-state index < -0.39 is 0 Å². The van der Waals surface area contributed by atoms with Crippen LogP contribution in [0.4, 0.5) is 0 Å². The van der Waals surface area contributed by atoms with Gasteiger partial charge in [0.1, 0.15) is 18.7 Å². The van der Waals surface area contributed by atoms with Gasteiger partial charge in [-0.25, -0.2) is 4.98 Å². The maximum atomic E-state index is 11.2. The lowest BCUT2D eigenvalue weighted by molar-refractivity contribution is -0.121. The molecule has 1 amide bonds. The summed E-state index contributed by atoms with van der Waals surface area (Å²) in [5.74, 6) is -0.212. The first-order valence-electron chi connectivity index (χ1n) is 4.35. The number of rotatable bonds is 3. The van der Waals surface area contributed by atoms with Crippen molar-refractivity contribution in [3.8, 4) is 12.1 Å². The molecule has 76 valence electrons. The van der Waals surface area contributed by atoms with Gasteiger partial charge in [-0.2, -0.15) is 10.5 Å². The minimum absolute atomic E-state index is 0.00537. The second-order valence-electron chi connectivity index (χ2n) is 2.75. The topological polar surface area (TPSA) is 94.5 Å². The lowest BCUT2D eigenvalue weighted by Gasteiger charge is -2.03. The number of carbonyl (C=O) groups excluding carboxylic acids is 1. The minimum atomic E-state index is -0.212. The molecule has 6 nitrogen and oxygen atoms in total. The molecule has 1 aromatic heterocycles. The van der Waals surface area contributed by atoms with Crippen molar-refractivity contribution in [3.63, 3.8) is 0 Å². The third kappa shape index (κ3) is 2.32. The number of likely N-dealkylation sites (N-methyl/N-ethyl adjacent to an activating group) is 1. The molecule has 1 aromatic rings. The quantitative estimate of drug-likeness (QED) is 0.733. The Labute approximate surface area is 86.8 Å². The minimum Gasteiger partial charge on any atom is -0.355 e. The van der Waals surface area contributed by atoms with Crippen LogP contribution in [0, 0.1) is 22.7 Å². The van der Waals surface area contributed by atoms with Gasteiger partial charge in [0.2, 0.25) is 5.91 Å². The molecule has 0 aliphatic rings. The van der Waals surface area contributed by atoms with E-state index in [1.54, 1.807) is 13.0 Å². The summed E-state index contributed by atoms with van der Waals surface area (Å²) in [6.45, 7) is 2.34. The highest BCUT2D eigenvalue weighted by Gasteiger charge is 2.11. The fraction of sp³-hybridized carbons (Fsp3) is 0.333. The Balaban J connectivity index is 2.88. The molecule has 15 heavy (non-hydrogen) atoms. The summed E-state index contributed by atoms with van der Waals surface area (Å²) in [7, 11) is 0. The smallest absolute Gasteiger partial charge is 0.240 e. The van der Waals surface area contributed by atoms with Crippen LogP contribution in [-0.2, 0) is 11.3 Å². The van der Waals surface area contributed by atoms with E-state index in [0.29, 0.717) is 6.54 Å². The molecule has 0 unspecified atom stereocenters. The van der Waals surface area contributed by atoms with Gasteiger partial charge < -0.3 is 9.88 Å². The first-order valence-corrected chi connectivity index (χ1v) is 4.35. The first-order chi connectivity index (χ1) is 7.22. The van der Waals surface area contributed by atoms with E-state index in [2.05, 4.69) is 10.3 Å². The van der Waals surface area contributed by atoms with Crippen molar-refractivity contribution in [2.24, 2.45) is 0 Å². The number of hydrogen-bond donors (Lipinski definition) is 1. The van der Waals surface area contributed by atoms with Crippen LogP contribution in [-0.4, -0.2) is 22.0 Å². The highest BCUT2D eigenvalue weighted by atomic mass is 16.1. The summed E-state index contributed by atoms with van der Waals surface area (Å²) in [5, 5.41) is 20.0. The van der Waals surface area contributed by atoms with Crippen LogP contribution in [0.5, 0.6) is 0 Å². The van der Waals surface area contributed by atoms with Gasteiger partial charge in [0, 0.05) is 6.54 Å². The molecule has 0 aliphatic carbocycles.